The van der Waals surface area contributed by atoms with Gasteiger partial charge < -0.3 is 21.5 Å². The van der Waals surface area contributed by atoms with E-state index >= 15 is 0 Å². The molecule has 0 radical (unpaired) electrons. The van der Waals surface area contributed by atoms with Crippen molar-refractivity contribution in [2.24, 2.45) is 11.5 Å². The zero-order chi connectivity index (χ0) is 26.6. The van der Waals surface area contributed by atoms with E-state index in [0.717, 1.165) is 22.3 Å². The van der Waals surface area contributed by atoms with E-state index in [9.17, 15) is 14.4 Å². The lowest BCUT2D eigenvalue weighted by molar-refractivity contribution is -0.128. The second-order valence-electron chi connectivity index (χ2n) is 8.47. The maximum Gasteiger partial charge on any atom is 0.324 e. The van der Waals surface area contributed by atoms with Crippen molar-refractivity contribution in [1.29, 1.82) is 0 Å². The third-order valence-electron chi connectivity index (χ3n) is 5.73. The Morgan fingerprint density at radius 1 is 0.892 bits per heavy atom. The van der Waals surface area contributed by atoms with Gasteiger partial charge in [-0.2, -0.15) is 0 Å². The number of ether oxygens (including phenoxy) is 1. The van der Waals surface area contributed by atoms with Gasteiger partial charge in [-0.05, 0) is 53.3 Å². The van der Waals surface area contributed by atoms with Crippen molar-refractivity contribution in [3.8, 4) is 5.75 Å². The van der Waals surface area contributed by atoms with Crippen LogP contribution in [-0.4, -0.2) is 35.9 Å². The molecule has 0 atom stereocenters. The molecule has 0 aliphatic carbocycles. The minimum atomic E-state index is -0.556. The summed E-state index contributed by atoms with van der Waals surface area (Å²) in [5.74, 6) is -0.324. The maximum atomic E-state index is 13.1. The molecule has 8 nitrogen and oxygen atoms in total. The molecule has 0 aliphatic heterocycles. The molecule has 0 aromatic heterocycles. The lowest BCUT2D eigenvalue weighted by Crippen LogP contribution is -2.44. The number of hydrogen-bond acceptors (Lipinski definition) is 5. The van der Waals surface area contributed by atoms with Crippen LogP contribution in [0.4, 0.5) is 4.79 Å². The number of nitrogens with zero attached hydrogens (tertiary/aromatic N) is 1. The largest absolute Gasteiger partial charge is 0.484 e. The van der Waals surface area contributed by atoms with Gasteiger partial charge in [-0.15, -0.1) is 0 Å². The first-order chi connectivity index (χ1) is 17.9. The van der Waals surface area contributed by atoms with Gasteiger partial charge in [0, 0.05) is 31.1 Å². The molecule has 0 heterocycles. The highest BCUT2D eigenvalue weighted by atomic mass is 35.5. The monoisotopic (exact) mass is 522 g/mol. The van der Waals surface area contributed by atoms with Crippen LogP contribution in [0.1, 0.15) is 28.7 Å². The molecule has 3 aromatic rings. The summed E-state index contributed by atoms with van der Waals surface area (Å²) in [5, 5.41) is 3.37. The Hall–Kier alpha value is -3.88. The maximum absolute atomic E-state index is 13.1. The Kier molecular flexibility index (Phi) is 10.5. The van der Waals surface area contributed by atoms with Crippen LogP contribution in [0.25, 0.3) is 0 Å². The molecule has 37 heavy (non-hydrogen) atoms. The first kappa shape index (κ1) is 27.7. The van der Waals surface area contributed by atoms with Crippen LogP contribution in [0.3, 0.4) is 0 Å². The third kappa shape index (κ3) is 8.93. The number of hydrogen-bond donors (Lipinski definition) is 3. The molecule has 0 fully saturated rings. The van der Waals surface area contributed by atoms with E-state index < -0.39 is 11.9 Å². The molecule has 5 N–H and O–H groups in total. The van der Waals surface area contributed by atoms with Gasteiger partial charge in [0.1, 0.15) is 5.75 Å². The van der Waals surface area contributed by atoms with Crippen molar-refractivity contribution in [2.75, 3.05) is 13.2 Å². The van der Waals surface area contributed by atoms with Gasteiger partial charge >= 0.3 is 6.03 Å². The van der Waals surface area contributed by atoms with Crippen molar-refractivity contribution < 1.29 is 19.1 Å². The van der Waals surface area contributed by atoms with E-state index in [2.05, 4.69) is 5.32 Å². The number of amides is 4. The molecule has 0 bridgehead atoms. The van der Waals surface area contributed by atoms with E-state index in [1.807, 2.05) is 54.6 Å². The summed E-state index contributed by atoms with van der Waals surface area (Å²) in [6, 6.07) is 21.7. The molecule has 3 aromatic carbocycles. The molecule has 0 spiro atoms. The summed E-state index contributed by atoms with van der Waals surface area (Å²) < 4.78 is 5.26. The van der Waals surface area contributed by atoms with Gasteiger partial charge in [0.25, 0.3) is 5.91 Å². The summed E-state index contributed by atoms with van der Waals surface area (Å²) >= 11 is 6.23. The van der Waals surface area contributed by atoms with E-state index in [1.165, 1.54) is 4.90 Å². The van der Waals surface area contributed by atoms with Crippen molar-refractivity contribution in [3.05, 3.63) is 100 Å². The van der Waals surface area contributed by atoms with Crippen LogP contribution >= 0.6 is 11.6 Å². The average molecular weight is 523 g/mol. The standard InChI is InChI=1S/C28H31ClN4O4/c29-25-16-22(6-10-23(25)17-30)18-32-28(36)33(15-14-20-4-2-1-3-5-20)27(35)13-9-21-7-11-24(12-8-21)37-19-26(31)34/h1-8,10-12,16H,9,13-15,17-19,30H2,(H2,31,34)(H,32,36). The normalized spacial score (nSPS) is 10.5. The highest BCUT2D eigenvalue weighted by molar-refractivity contribution is 6.31. The zero-order valence-corrected chi connectivity index (χ0v) is 21.2. The summed E-state index contributed by atoms with van der Waals surface area (Å²) in [7, 11) is 0. The number of nitrogens with two attached hydrogens (primary N) is 2. The first-order valence-corrected chi connectivity index (χ1v) is 12.3. The number of imide groups is 1. The van der Waals surface area contributed by atoms with Crippen LogP contribution in [0.2, 0.25) is 5.02 Å². The predicted molar refractivity (Wildman–Crippen MR) is 143 cm³/mol. The van der Waals surface area contributed by atoms with E-state index in [1.54, 1.807) is 18.2 Å². The van der Waals surface area contributed by atoms with Crippen molar-refractivity contribution in [2.45, 2.75) is 32.4 Å². The Morgan fingerprint density at radius 3 is 2.22 bits per heavy atom. The smallest absolute Gasteiger partial charge is 0.324 e. The van der Waals surface area contributed by atoms with E-state index in [4.69, 9.17) is 27.8 Å². The van der Waals surface area contributed by atoms with Crippen LogP contribution in [0.15, 0.2) is 72.8 Å². The Balaban J connectivity index is 1.62. The molecule has 194 valence electrons. The van der Waals surface area contributed by atoms with Crippen LogP contribution in [0.5, 0.6) is 5.75 Å². The number of halogens is 1. The summed E-state index contributed by atoms with van der Waals surface area (Å²) in [6.07, 6.45) is 1.14. The lowest BCUT2D eigenvalue weighted by atomic mass is 10.1. The van der Waals surface area contributed by atoms with Crippen molar-refractivity contribution >= 4 is 29.4 Å². The SMILES string of the molecule is NCc1ccc(CNC(=O)N(CCc2ccccc2)C(=O)CCc2ccc(OCC(N)=O)cc2)cc1Cl. The number of aryl methyl sites for hydroxylation is 1. The Labute approximate surface area is 221 Å². The minimum absolute atomic E-state index is 0.153. The fraction of sp³-hybridized carbons (Fsp3) is 0.250. The van der Waals surface area contributed by atoms with Crippen LogP contribution in [-0.2, 0) is 35.5 Å². The molecule has 0 aliphatic rings. The topological polar surface area (TPSA) is 128 Å². The number of nitrogens with one attached hydrogen (secondary N) is 1. The average Bonchev–Trinajstić information content (AvgIpc) is 2.91. The Morgan fingerprint density at radius 2 is 1.57 bits per heavy atom. The summed E-state index contributed by atoms with van der Waals surface area (Å²) in [4.78, 5) is 38.3. The molecule has 9 heteroatoms. The predicted octanol–water partition coefficient (Wildman–Crippen LogP) is 3.58. The second-order valence-corrected chi connectivity index (χ2v) is 8.88. The molecule has 3 rings (SSSR count). The molecule has 0 saturated heterocycles. The van der Waals surface area contributed by atoms with Crippen LogP contribution in [0, 0.1) is 0 Å². The molecular weight excluding hydrogens is 492 g/mol. The van der Waals surface area contributed by atoms with Gasteiger partial charge in [-0.1, -0.05) is 66.2 Å². The highest BCUT2D eigenvalue weighted by Gasteiger charge is 2.21. The number of carbonyl (C=O) groups excluding carboxylic acids is 3. The molecule has 0 unspecified atom stereocenters. The zero-order valence-electron chi connectivity index (χ0n) is 20.5. The number of carbonyl (C=O) groups is 3. The van der Waals surface area contributed by atoms with Gasteiger partial charge in [0.15, 0.2) is 6.61 Å². The number of urea groups is 1. The number of benzene rings is 3. The molecular formula is C28H31ClN4O4. The van der Waals surface area contributed by atoms with E-state index in [0.29, 0.717) is 30.2 Å². The summed E-state index contributed by atoms with van der Waals surface area (Å²) in [6.45, 7) is 0.607. The number of rotatable bonds is 12. The molecule has 0 saturated carbocycles. The fourth-order valence-electron chi connectivity index (χ4n) is 3.66. The van der Waals surface area contributed by atoms with Gasteiger partial charge in [-0.3, -0.25) is 14.5 Å². The summed E-state index contributed by atoms with van der Waals surface area (Å²) in [5.41, 5.74) is 14.3. The minimum Gasteiger partial charge on any atom is -0.484 e. The lowest BCUT2D eigenvalue weighted by Gasteiger charge is -2.22. The second kappa shape index (κ2) is 14.0. The first-order valence-electron chi connectivity index (χ1n) is 11.9. The van der Waals surface area contributed by atoms with Gasteiger partial charge in [0.2, 0.25) is 5.91 Å². The third-order valence-corrected chi connectivity index (χ3v) is 6.08. The van der Waals surface area contributed by atoms with E-state index in [-0.39, 0.29) is 32.0 Å². The molecule has 4 amide bonds. The number of primary amides is 1. The van der Waals surface area contributed by atoms with Gasteiger partial charge in [0.05, 0.1) is 0 Å². The van der Waals surface area contributed by atoms with Gasteiger partial charge in [-0.25, -0.2) is 4.79 Å². The highest BCUT2D eigenvalue weighted by Crippen LogP contribution is 2.18. The van der Waals surface area contributed by atoms with Crippen LogP contribution < -0.4 is 21.5 Å². The van der Waals surface area contributed by atoms with Crippen molar-refractivity contribution in [3.63, 3.8) is 0 Å². The quantitative estimate of drug-likeness (QED) is 0.335. The fourth-order valence-corrected chi connectivity index (χ4v) is 3.94. The Bertz CT molecular complexity index is 1200. The van der Waals surface area contributed by atoms with Crippen molar-refractivity contribution in [1.82, 2.24) is 10.2 Å².